The highest BCUT2D eigenvalue weighted by Crippen LogP contribution is 2.44. The first-order valence-corrected chi connectivity index (χ1v) is 9.31. The Labute approximate surface area is 148 Å². The summed E-state index contributed by atoms with van der Waals surface area (Å²) >= 11 is 0. The van der Waals surface area contributed by atoms with Crippen LogP contribution in [0.25, 0.3) is 0 Å². The Bertz CT molecular complexity index is 779. The highest BCUT2D eigenvalue weighted by atomic mass is 32.3. The molecular formula is C15H16F2N2O6S. The monoisotopic (exact) mass is 390 g/mol. The Balaban J connectivity index is 1.93. The van der Waals surface area contributed by atoms with Gasteiger partial charge in [0.25, 0.3) is 0 Å². The first-order valence-electron chi connectivity index (χ1n) is 7.53. The molecule has 0 saturated carbocycles. The van der Waals surface area contributed by atoms with Gasteiger partial charge < -0.3 is 14.7 Å². The Kier molecular flexibility index (Phi) is 4.54. The van der Waals surface area contributed by atoms with Crippen molar-refractivity contribution in [2.24, 2.45) is 0 Å². The third kappa shape index (κ3) is 3.20. The zero-order chi connectivity index (χ0) is 19.2. The Morgan fingerprint density at radius 2 is 1.92 bits per heavy atom. The van der Waals surface area contributed by atoms with Gasteiger partial charge in [-0.05, 0) is 6.92 Å². The predicted molar refractivity (Wildman–Crippen MR) is 90.4 cm³/mol. The largest absolute Gasteiger partial charge is 0.478 e. The fourth-order valence-electron chi connectivity index (χ4n) is 2.86. The summed E-state index contributed by atoms with van der Waals surface area (Å²) in [5.41, 5.74) is -0.579. The van der Waals surface area contributed by atoms with Crippen molar-refractivity contribution >= 4 is 34.0 Å². The second-order valence-electron chi connectivity index (χ2n) is 5.91. The molecule has 1 amide bonds. The van der Waals surface area contributed by atoms with Gasteiger partial charge in [0.15, 0.2) is 11.6 Å². The van der Waals surface area contributed by atoms with Gasteiger partial charge in [-0.2, -0.15) is 10.6 Å². The Morgan fingerprint density at radius 3 is 2.38 bits per heavy atom. The molecule has 0 bridgehead atoms. The summed E-state index contributed by atoms with van der Waals surface area (Å²) in [5, 5.41) is 10.1. The van der Waals surface area contributed by atoms with Gasteiger partial charge in [0.1, 0.15) is 5.69 Å². The number of hydrogen-bond donors (Lipinski definition) is 3. The molecule has 0 spiro atoms. The first-order chi connectivity index (χ1) is 12.1. The van der Waals surface area contributed by atoms with E-state index in [0.29, 0.717) is 0 Å². The summed E-state index contributed by atoms with van der Waals surface area (Å²) in [6, 6.07) is 0.856. The van der Waals surface area contributed by atoms with Crippen molar-refractivity contribution in [2.75, 3.05) is 22.1 Å². The molecule has 0 radical (unpaired) electrons. The van der Waals surface area contributed by atoms with Crippen molar-refractivity contribution < 1.29 is 37.3 Å². The lowest BCUT2D eigenvalue weighted by atomic mass is 10.1. The van der Waals surface area contributed by atoms with Crippen LogP contribution in [-0.4, -0.2) is 50.7 Å². The normalized spacial score (nSPS) is 26.0. The van der Waals surface area contributed by atoms with Crippen molar-refractivity contribution in [3.05, 3.63) is 35.4 Å². The van der Waals surface area contributed by atoms with Gasteiger partial charge in [-0.25, -0.2) is 18.4 Å². The first kappa shape index (κ1) is 18.4. The van der Waals surface area contributed by atoms with Gasteiger partial charge in [0.2, 0.25) is 6.10 Å². The molecule has 2 atom stereocenters. The molecule has 2 aliphatic heterocycles. The van der Waals surface area contributed by atoms with Crippen molar-refractivity contribution in [2.45, 2.75) is 19.1 Å². The fraction of sp³-hybridized carbons (Fsp3) is 0.333. The molecule has 1 aromatic rings. The number of rotatable bonds is 3. The number of anilines is 2. The van der Waals surface area contributed by atoms with Gasteiger partial charge in [-0.1, -0.05) is 0 Å². The quantitative estimate of drug-likeness (QED) is 0.728. The zero-order valence-corrected chi connectivity index (χ0v) is 14.3. The molecule has 3 N–H and O–H groups in total. The van der Waals surface area contributed by atoms with Crippen molar-refractivity contribution in [1.29, 1.82) is 0 Å². The van der Waals surface area contributed by atoms with Gasteiger partial charge in [-0.15, -0.1) is 0 Å². The smallest absolute Gasteiger partial charge is 0.415 e. The minimum absolute atomic E-state index is 0.00470. The fourth-order valence-corrected chi connectivity index (χ4v) is 3.80. The molecular weight excluding hydrogens is 374 g/mol. The van der Waals surface area contributed by atoms with E-state index in [2.05, 4.69) is 0 Å². The molecule has 142 valence electrons. The molecule has 2 heterocycles. The average Bonchev–Trinajstić information content (AvgIpc) is 2.83. The van der Waals surface area contributed by atoms with E-state index in [1.165, 1.54) is 18.0 Å². The maximum Gasteiger partial charge on any atom is 0.415 e. The maximum absolute atomic E-state index is 14.5. The van der Waals surface area contributed by atoms with E-state index >= 15 is 0 Å². The molecule has 26 heavy (non-hydrogen) atoms. The molecule has 1 unspecified atom stereocenters. The topological polar surface area (TPSA) is 111 Å². The van der Waals surface area contributed by atoms with Crippen LogP contribution in [0.3, 0.4) is 0 Å². The molecule has 1 aromatic carbocycles. The molecule has 0 aromatic heterocycles. The van der Waals surface area contributed by atoms with Gasteiger partial charge in [0.05, 0.1) is 17.5 Å². The Morgan fingerprint density at radius 1 is 1.31 bits per heavy atom. The number of benzene rings is 1. The van der Waals surface area contributed by atoms with Crippen LogP contribution in [0.4, 0.5) is 25.0 Å². The van der Waals surface area contributed by atoms with Gasteiger partial charge in [-0.3, -0.25) is 14.0 Å². The molecule has 2 aliphatic rings. The summed E-state index contributed by atoms with van der Waals surface area (Å²) in [4.78, 5) is 25.0. The summed E-state index contributed by atoms with van der Waals surface area (Å²) in [7, 11) is -2.89. The minimum Gasteiger partial charge on any atom is -0.478 e. The third-order valence-electron chi connectivity index (χ3n) is 4.17. The molecule has 11 heteroatoms. The van der Waals surface area contributed by atoms with Crippen molar-refractivity contribution in [3.8, 4) is 0 Å². The number of carboxylic acids is 1. The van der Waals surface area contributed by atoms with E-state index in [1.807, 2.05) is 0 Å². The number of ether oxygens (including phenoxy) is 1. The van der Waals surface area contributed by atoms with Crippen LogP contribution in [0.5, 0.6) is 0 Å². The van der Waals surface area contributed by atoms with Crippen LogP contribution < -0.4 is 9.80 Å². The molecule has 3 rings (SSSR count). The van der Waals surface area contributed by atoms with Crippen LogP contribution in [-0.2, 0) is 9.53 Å². The van der Waals surface area contributed by atoms with E-state index in [4.69, 9.17) is 9.84 Å². The number of amides is 1. The van der Waals surface area contributed by atoms with E-state index in [1.54, 1.807) is 0 Å². The zero-order valence-electron chi connectivity index (χ0n) is 13.5. The number of nitrogens with zero attached hydrogens (tertiary/aromatic N) is 2. The number of halogens is 2. The van der Waals surface area contributed by atoms with Gasteiger partial charge >= 0.3 is 12.1 Å². The highest BCUT2D eigenvalue weighted by Gasteiger charge is 2.44. The standard InChI is InChI=1S/C15H16F2N2O6S/c1-8-13(14(20)21)25-15(22)19(8)9-6-10(16)12(11(17)7-9)18-2-4-26(23,24)5-3-18/h2,4,6-8,13,23-24H,3,5H2,1H3,(H,20,21)/t8?,13-/m1/s1. The molecule has 1 fully saturated rings. The third-order valence-corrected chi connectivity index (χ3v) is 5.51. The number of carbonyl (C=O) groups excluding carboxylic acids is 1. The minimum atomic E-state index is -2.89. The van der Waals surface area contributed by atoms with Crippen LogP contribution in [0, 0.1) is 11.6 Å². The van der Waals surface area contributed by atoms with Crippen molar-refractivity contribution in [3.63, 3.8) is 0 Å². The SMILES string of the molecule is CC1[C@H](C(=O)O)OC(=O)N1c1cc(F)c(N2C=CS(O)(O)CC2)c(F)c1. The van der Waals surface area contributed by atoms with E-state index < -0.39 is 52.1 Å². The van der Waals surface area contributed by atoms with E-state index in [0.717, 1.165) is 22.4 Å². The maximum atomic E-state index is 14.5. The molecule has 8 nitrogen and oxygen atoms in total. The summed E-state index contributed by atoms with van der Waals surface area (Å²) < 4.78 is 52.8. The number of aliphatic carboxylic acids is 1. The van der Waals surface area contributed by atoms with E-state index in [-0.39, 0.29) is 18.0 Å². The van der Waals surface area contributed by atoms with Gasteiger partial charge in [0, 0.05) is 30.3 Å². The summed E-state index contributed by atoms with van der Waals surface area (Å²) in [5.74, 6) is -3.40. The van der Waals surface area contributed by atoms with E-state index in [9.17, 15) is 27.5 Å². The molecule has 1 saturated heterocycles. The highest BCUT2D eigenvalue weighted by molar-refractivity contribution is 8.26. The number of carboxylic acid groups (broad SMARTS) is 1. The lowest BCUT2D eigenvalue weighted by Gasteiger charge is -2.36. The molecule has 0 aliphatic carbocycles. The second-order valence-corrected chi connectivity index (χ2v) is 8.03. The summed E-state index contributed by atoms with van der Waals surface area (Å²) in [6.45, 7) is 1.39. The lowest BCUT2D eigenvalue weighted by molar-refractivity contribution is -0.145. The summed E-state index contributed by atoms with van der Waals surface area (Å²) in [6.07, 6.45) is -1.26. The van der Waals surface area contributed by atoms with Crippen LogP contribution in [0.15, 0.2) is 23.7 Å². The van der Waals surface area contributed by atoms with Crippen LogP contribution in [0.2, 0.25) is 0 Å². The number of cyclic esters (lactones) is 1. The Hall–Kier alpha value is -2.37. The number of hydrogen-bond acceptors (Lipinski definition) is 6. The lowest BCUT2D eigenvalue weighted by Crippen LogP contribution is -2.37. The second kappa shape index (κ2) is 6.41. The van der Waals surface area contributed by atoms with Crippen molar-refractivity contribution in [1.82, 2.24) is 0 Å². The predicted octanol–water partition coefficient (Wildman–Crippen LogP) is 2.80. The van der Waals surface area contributed by atoms with Crippen LogP contribution >= 0.6 is 10.6 Å². The number of carbonyl (C=O) groups is 2. The average molecular weight is 390 g/mol. The van der Waals surface area contributed by atoms with Crippen LogP contribution in [0.1, 0.15) is 6.92 Å².